The van der Waals surface area contributed by atoms with Crippen molar-refractivity contribution in [2.24, 2.45) is 0 Å². The summed E-state index contributed by atoms with van der Waals surface area (Å²) in [5.41, 5.74) is 1.20. The third-order valence-electron chi connectivity index (χ3n) is 3.07. The van der Waals surface area contributed by atoms with E-state index < -0.39 is 5.92 Å². The van der Waals surface area contributed by atoms with E-state index in [2.05, 4.69) is 4.98 Å². The maximum atomic E-state index is 12.2. The fraction of sp³-hybridized carbons (Fsp3) is 0.0625. The number of carbonyl (C=O) groups excluding carboxylic acids is 1. The van der Waals surface area contributed by atoms with Crippen molar-refractivity contribution >= 4 is 16.7 Å². The molecule has 0 bridgehead atoms. The van der Waals surface area contributed by atoms with E-state index in [1.54, 1.807) is 18.2 Å². The van der Waals surface area contributed by atoms with Gasteiger partial charge in [-0.15, -0.1) is 0 Å². The van der Waals surface area contributed by atoms with Crippen LogP contribution in [0.3, 0.4) is 0 Å². The molecule has 0 spiro atoms. The van der Waals surface area contributed by atoms with Crippen LogP contribution in [0.1, 0.15) is 22.2 Å². The molecule has 1 unspecified atom stereocenters. The van der Waals surface area contributed by atoms with Crippen molar-refractivity contribution < 1.29 is 9.21 Å². The van der Waals surface area contributed by atoms with Gasteiger partial charge in [-0.25, -0.2) is 0 Å². The Morgan fingerprint density at radius 1 is 1.15 bits per heavy atom. The van der Waals surface area contributed by atoms with Crippen LogP contribution in [-0.4, -0.2) is 10.8 Å². The minimum atomic E-state index is -0.953. The molecule has 0 aliphatic heterocycles. The van der Waals surface area contributed by atoms with Gasteiger partial charge >= 0.3 is 0 Å². The van der Waals surface area contributed by atoms with Gasteiger partial charge in [-0.2, -0.15) is 5.26 Å². The highest BCUT2D eigenvalue weighted by Crippen LogP contribution is 2.21. The number of benzene rings is 1. The molecule has 4 heteroatoms. The van der Waals surface area contributed by atoms with E-state index in [0.29, 0.717) is 5.69 Å². The molecule has 2 heterocycles. The number of nitrogens with zero attached hydrogens (tertiary/aromatic N) is 2. The number of para-hydroxylation sites is 1. The summed E-state index contributed by atoms with van der Waals surface area (Å²) < 4.78 is 5.06. The van der Waals surface area contributed by atoms with E-state index in [1.807, 2.05) is 36.4 Å². The number of hydrogen-bond acceptors (Lipinski definition) is 4. The Morgan fingerprint density at radius 2 is 2.00 bits per heavy atom. The molecule has 3 rings (SSSR count). The van der Waals surface area contributed by atoms with Crippen LogP contribution in [-0.2, 0) is 0 Å². The van der Waals surface area contributed by atoms with E-state index in [1.165, 1.54) is 6.26 Å². The second-order valence-corrected chi connectivity index (χ2v) is 4.33. The summed E-state index contributed by atoms with van der Waals surface area (Å²) in [6.45, 7) is 0. The van der Waals surface area contributed by atoms with E-state index in [0.717, 1.165) is 10.9 Å². The van der Waals surface area contributed by atoms with Crippen LogP contribution in [0.4, 0.5) is 0 Å². The molecular weight excluding hydrogens is 252 g/mol. The largest absolute Gasteiger partial charge is 0.461 e. The van der Waals surface area contributed by atoms with Crippen molar-refractivity contribution in [3.63, 3.8) is 0 Å². The van der Waals surface area contributed by atoms with Crippen molar-refractivity contribution in [1.82, 2.24) is 4.98 Å². The number of carbonyl (C=O) groups is 1. The number of rotatable bonds is 3. The van der Waals surface area contributed by atoms with Gasteiger partial charge in [-0.05, 0) is 24.3 Å². The molecule has 0 radical (unpaired) electrons. The van der Waals surface area contributed by atoms with Gasteiger partial charge in [0.15, 0.2) is 11.7 Å². The Bertz CT molecular complexity index is 801. The highest BCUT2D eigenvalue weighted by molar-refractivity contribution is 6.00. The zero-order valence-electron chi connectivity index (χ0n) is 10.5. The summed E-state index contributed by atoms with van der Waals surface area (Å²) in [7, 11) is 0. The first-order valence-electron chi connectivity index (χ1n) is 6.12. The van der Waals surface area contributed by atoms with E-state index >= 15 is 0 Å². The summed E-state index contributed by atoms with van der Waals surface area (Å²) in [5.74, 6) is -1.16. The highest BCUT2D eigenvalue weighted by Gasteiger charge is 2.25. The monoisotopic (exact) mass is 262 g/mol. The van der Waals surface area contributed by atoms with Crippen LogP contribution < -0.4 is 0 Å². The fourth-order valence-corrected chi connectivity index (χ4v) is 2.06. The van der Waals surface area contributed by atoms with Gasteiger partial charge in [-0.3, -0.25) is 9.78 Å². The van der Waals surface area contributed by atoms with Crippen molar-refractivity contribution in [3.8, 4) is 6.07 Å². The van der Waals surface area contributed by atoms with Crippen LogP contribution in [0.25, 0.3) is 10.9 Å². The molecule has 0 fully saturated rings. The lowest BCUT2D eigenvalue weighted by Gasteiger charge is -2.07. The normalized spacial score (nSPS) is 11.9. The van der Waals surface area contributed by atoms with Gasteiger partial charge in [0.2, 0.25) is 5.78 Å². The van der Waals surface area contributed by atoms with Crippen LogP contribution in [0.15, 0.2) is 59.2 Å². The molecule has 0 aliphatic carbocycles. The standard InChI is InChI=1S/C16H10N2O2/c17-10-12(16(19)15-6-3-9-20-15)14-8-7-11-4-1-2-5-13(11)18-14/h1-9,12H. The molecule has 0 amide bonds. The van der Waals surface area contributed by atoms with Crippen LogP contribution in [0.5, 0.6) is 0 Å². The topological polar surface area (TPSA) is 66.9 Å². The summed E-state index contributed by atoms with van der Waals surface area (Å²) in [4.78, 5) is 16.6. The Labute approximate surface area is 115 Å². The lowest BCUT2D eigenvalue weighted by molar-refractivity contribution is 0.0950. The number of furan rings is 1. The zero-order valence-corrected chi connectivity index (χ0v) is 10.5. The lowest BCUT2D eigenvalue weighted by atomic mass is 9.99. The average Bonchev–Trinajstić information content (AvgIpc) is 3.02. The van der Waals surface area contributed by atoms with Gasteiger partial charge in [0.05, 0.1) is 23.5 Å². The number of hydrogen-bond donors (Lipinski definition) is 0. The number of pyridine rings is 1. The van der Waals surface area contributed by atoms with Crippen molar-refractivity contribution in [2.75, 3.05) is 0 Å². The second-order valence-electron chi connectivity index (χ2n) is 4.33. The Balaban J connectivity index is 2.04. The molecule has 3 aromatic rings. The van der Waals surface area contributed by atoms with Crippen molar-refractivity contribution in [2.45, 2.75) is 5.92 Å². The number of fused-ring (bicyclic) bond motifs is 1. The third-order valence-corrected chi connectivity index (χ3v) is 3.07. The number of nitriles is 1. The quantitative estimate of drug-likeness (QED) is 0.679. The van der Waals surface area contributed by atoms with Crippen molar-refractivity contribution in [1.29, 1.82) is 5.26 Å². The molecule has 2 aromatic heterocycles. The SMILES string of the molecule is N#CC(C(=O)c1ccco1)c1ccc2ccccc2n1. The van der Waals surface area contributed by atoms with Gasteiger partial charge < -0.3 is 4.42 Å². The number of ketones is 1. The molecule has 96 valence electrons. The highest BCUT2D eigenvalue weighted by atomic mass is 16.3. The molecular formula is C16H10N2O2. The fourth-order valence-electron chi connectivity index (χ4n) is 2.06. The van der Waals surface area contributed by atoms with E-state index in [-0.39, 0.29) is 11.5 Å². The maximum Gasteiger partial charge on any atom is 0.221 e. The average molecular weight is 262 g/mol. The van der Waals surface area contributed by atoms with Crippen LogP contribution in [0, 0.1) is 11.3 Å². The molecule has 0 N–H and O–H groups in total. The third kappa shape index (κ3) is 2.06. The summed E-state index contributed by atoms with van der Waals surface area (Å²) in [5, 5.41) is 10.2. The predicted molar refractivity (Wildman–Crippen MR) is 73.1 cm³/mol. The molecule has 1 atom stereocenters. The van der Waals surface area contributed by atoms with Gasteiger partial charge in [0.1, 0.15) is 0 Å². The molecule has 0 aliphatic rings. The first-order chi connectivity index (χ1) is 9.79. The van der Waals surface area contributed by atoms with Gasteiger partial charge in [-0.1, -0.05) is 24.3 Å². The minimum Gasteiger partial charge on any atom is -0.461 e. The number of Topliss-reactive ketones (excluding diaryl/α,β-unsaturated/α-hetero) is 1. The first-order valence-corrected chi connectivity index (χ1v) is 6.12. The van der Waals surface area contributed by atoms with Gasteiger partial charge in [0, 0.05) is 5.39 Å². The number of aromatic nitrogens is 1. The molecule has 1 aromatic carbocycles. The summed E-state index contributed by atoms with van der Waals surface area (Å²) >= 11 is 0. The Morgan fingerprint density at radius 3 is 2.75 bits per heavy atom. The summed E-state index contributed by atoms with van der Waals surface area (Å²) in [6, 6.07) is 16.3. The van der Waals surface area contributed by atoms with E-state index in [9.17, 15) is 10.1 Å². The Kier molecular flexibility index (Phi) is 3.02. The minimum absolute atomic E-state index is 0.173. The molecule has 0 saturated carbocycles. The summed E-state index contributed by atoms with van der Waals surface area (Å²) in [6.07, 6.45) is 1.41. The van der Waals surface area contributed by atoms with Gasteiger partial charge in [0.25, 0.3) is 0 Å². The first kappa shape index (κ1) is 12.1. The smallest absolute Gasteiger partial charge is 0.221 e. The zero-order chi connectivity index (χ0) is 13.9. The Hall–Kier alpha value is -2.93. The van der Waals surface area contributed by atoms with Crippen molar-refractivity contribution in [3.05, 3.63) is 66.2 Å². The molecule has 0 saturated heterocycles. The predicted octanol–water partition coefficient (Wildman–Crippen LogP) is 3.32. The maximum absolute atomic E-state index is 12.2. The van der Waals surface area contributed by atoms with E-state index in [4.69, 9.17) is 4.42 Å². The molecule has 4 nitrogen and oxygen atoms in total. The van der Waals surface area contributed by atoms with Crippen LogP contribution in [0.2, 0.25) is 0 Å². The second kappa shape index (κ2) is 4.98. The molecule has 20 heavy (non-hydrogen) atoms. The van der Waals surface area contributed by atoms with Crippen LogP contribution >= 0.6 is 0 Å². The lowest BCUT2D eigenvalue weighted by Crippen LogP contribution is -2.12.